The summed E-state index contributed by atoms with van der Waals surface area (Å²) in [6.45, 7) is -0.800. The fourth-order valence-corrected chi connectivity index (χ4v) is 3.49. The van der Waals surface area contributed by atoms with Crippen molar-refractivity contribution in [1.29, 1.82) is 0 Å². The number of nitro groups is 1. The number of rotatable bonds is 7. The number of nitrogen functional groups attached to an aromatic ring is 1. The van der Waals surface area contributed by atoms with Crippen LogP contribution in [0.1, 0.15) is 25.6 Å². The fourth-order valence-electron chi connectivity index (χ4n) is 2.77. The van der Waals surface area contributed by atoms with Gasteiger partial charge in [-0.25, -0.2) is 9.59 Å². The molecule has 2 aromatic heterocycles. The van der Waals surface area contributed by atoms with Crippen molar-refractivity contribution in [2.75, 3.05) is 12.3 Å². The van der Waals surface area contributed by atoms with Crippen LogP contribution in [0.15, 0.2) is 52.1 Å². The first-order chi connectivity index (χ1) is 14.7. The highest BCUT2D eigenvalue weighted by Crippen LogP contribution is 2.24. The molecule has 0 radical (unpaired) electrons. The minimum absolute atomic E-state index is 0.0263. The number of ether oxygens (including phenoxy) is 1. The maximum absolute atomic E-state index is 12.6. The first kappa shape index (κ1) is 21.6. The number of esters is 1. The van der Waals surface area contributed by atoms with Crippen molar-refractivity contribution in [2.24, 2.45) is 7.05 Å². The van der Waals surface area contributed by atoms with Crippen LogP contribution in [0.4, 0.5) is 10.8 Å². The Kier molecular flexibility index (Phi) is 6.11. The predicted octanol–water partition coefficient (Wildman–Crippen LogP) is 1.19. The van der Waals surface area contributed by atoms with Gasteiger partial charge in [-0.05, 0) is 11.6 Å². The molecule has 0 aliphatic carbocycles. The van der Waals surface area contributed by atoms with Gasteiger partial charge in [0.15, 0.2) is 6.61 Å². The van der Waals surface area contributed by atoms with Crippen LogP contribution in [0.3, 0.4) is 0 Å². The summed E-state index contributed by atoms with van der Waals surface area (Å²) in [5.74, 6) is -2.21. The quantitative estimate of drug-likeness (QED) is 0.246. The Hall–Kier alpha value is -4.06. The zero-order valence-corrected chi connectivity index (χ0v) is 17.0. The standard InChI is InChI=1S/C19H16N4O7S/c1-21-17(25)15(16(20)22(19(21)27)9-11-5-3-2-4-6-11)12(24)10-30-18(26)13-7-8-14(31-13)23(28)29/h2-8H,9-10,20H2,1H3. The number of carbonyl (C=O) groups excluding carboxylic acids is 2. The normalized spacial score (nSPS) is 10.6. The third-order valence-electron chi connectivity index (χ3n) is 4.35. The molecule has 1 aromatic carbocycles. The molecule has 0 aliphatic heterocycles. The Morgan fingerprint density at radius 2 is 1.84 bits per heavy atom. The van der Waals surface area contributed by atoms with E-state index in [-0.39, 0.29) is 22.2 Å². The number of carbonyl (C=O) groups is 2. The van der Waals surface area contributed by atoms with Crippen molar-refractivity contribution in [3.63, 3.8) is 0 Å². The van der Waals surface area contributed by atoms with E-state index >= 15 is 0 Å². The van der Waals surface area contributed by atoms with E-state index in [1.165, 1.54) is 13.1 Å². The Labute approximate surface area is 178 Å². The lowest BCUT2D eigenvalue weighted by Crippen LogP contribution is -2.43. The molecule has 0 amide bonds. The van der Waals surface area contributed by atoms with Gasteiger partial charge in [-0.3, -0.25) is 28.8 Å². The molecular formula is C19H16N4O7S. The summed E-state index contributed by atoms with van der Waals surface area (Å²) in [6.07, 6.45) is 0. The second kappa shape index (κ2) is 8.75. The summed E-state index contributed by atoms with van der Waals surface area (Å²) < 4.78 is 6.71. The summed E-state index contributed by atoms with van der Waals surface area (Å²) in [4.78, 5) is 59.6. The molecule has 0 atom stereocenters. The highest BCUT2D eigenvalue weighted by Gasteiger charge is 2.24. The maximum atomic E-state index is 12.6. The fraction of sp³-hybridized carbons (Fsp3) is 0.158. The topological polar surface area (TPSA) is 157 Å². The van der Waals surface area contributed by atoms with Crippen molar-refractivity contribution in [2.45, 2.75) is 6.54 Å². The van der Waals surface area contributed by atoms with E-state index in [1.807, 2.05) is 0 Å². The zero-order valence-electron chi connectivity index (χ0n) is 16.1. The largest absolute Gasteiger partial charge is 0.453 e. The van der Waals surface area contributed by atoms with E-state index in [1.54, 1.807) is 30.3 Å². The van der Waals surface area contributed by atoms with Crippen molar-refractivity contribution in [1.82, 2.24) is 9.13 Å². The molecule has 12 heteroatoms. The molecule has 2 heterocycles. The van der Waals surface area contributed by atoms with Crippen molar-refractivity contribution >= 4 is 33.9 Å². The molecular weight excluding hydrogens is 428 g/mol. The van der Waals surface area contributed by atoms with Crippen LogP contribution in [0.2, 0.25) is 0 Å². The summed E-state index contributed by atoms with van der Waals surface area (Å²) in [6, 6.07) is 11.2. The van der Waals surface area contributed by atoms with Crippen molar-refractivity contribution < 1.29 is 19.2 Å². The highest BCUT2D eigenvalue weighted by atomic mass is 32.1. The van der Waals surface area contributed by atoms with Crippen molar-refractivity contribution in [3.05, 3.63) is 89.4 Å². The van der Waals surface area contributed by atoms with Gasteiger partial charge in [-0.2, -0.15) is 0 Å². The molecule has 0 spiro atoms. The molecule has 0 bridgehead atoms. The third kappa shape index (κ3) is 4.43. The number of nitrogens with zero attached hydrogens (tertiary/aromatic N) is 3. The van der Waals surface area contributed by atoms with Gasteiger partial charge in [0.2, 0.25) is 5.78 Å². The molecule has 3 rings (SSSR count). The first-order valence-corrected chi connectivity index (χ1v) is 9.60. The van der Waals surface area contributed by atoms with E-state index in [0.717, 1.165) is 20.8 Å². The lowest BCUT2D eigenvalue weighted by atomic mass is 10.2. The Balaban J connectivity index is 1.86. The van der Waals surface area contributed by atoms with Gasteiger partial charge in [0.25, 0.3) is 5.56 Å². The molecule has 11 nitrogen and oxygen atoms in total. The molecule has 31 heavy (non-hydrogen) atoms. The summed E-state index contributed by atoms with van der Waals surface area (Å²) >= 11 is 0.590. The van der Waals surface area contributed by atoms with E-state index in [0.29, 0.717) is 11.3 Å². The van der Waals surface area contributed by atoms with Crippen LogP contribution in [0, 0.1) is 10.1 Å². The van der Waals surface area contributed by atoms with Gasteiger partial charge in [0.05, 0.1) is 11.5 Å². The van der Waals surface area contributed by atoms with Crippen LogP contribution in [0.25, 0.3) is 0 Å². The van der Waals surface area contributed by atoms with E-state index in [2.05, 4.69) is 0 Å². The lowest BCUT2D eigenvalue weighted by Gasteiger charge is -2.14. The maximum Gasteiger partial charge on any atom is 0.349 e. The third-order valence-corrected chi connectivity index (χ3v) is 5.37. The summed E-state index contributed by atoms with van der Waals surface area (Å²) in [5.41, 5.74) is 4.59. The first-order valence-electron chi connectivity index (χ1n) is 8.78. The van der Waals surface area contributed by atoms with Crippen LogP contribution in [-0.4, -0.2) is 32.4 Å². The van der Waals surface area contributed by atoms with E-state index in [9.17, 15) is 29.3 Å². The average Bonchev–Trinajstić information content (AvgIpc) is 3.25. The van der Waals surface area contributed by atoms with Gasteiger partial charge >= 0.3 is 16.7 Å². The van der Waals surface area contributed by atoms with Gasteiger partial charge in [0.1, 0.15) is 16.3 Å². The average molecular weight is 444 g/mol. The number of aromatic nitrogens is 2. The Morgan fingerprint density at radius 3 is 2.45 bits per heavy atom. The minimum Gasteiger partial charge on any atom is -0.453 e. The summed E-state index contributed by atoms with van der Waals surface area (Å²) in [7, 11) is 1.21. The van der Waals surface area contributed by atoms with Gasteiger partial charge < -0.3 is 10.5 Å². The number of hydrogen-bond acceptors (Lipinski definition) is 9. The van der Waals surface area contributed by atoms with Gasteiger partial charge in [-0.15, -0.1) is 0 Å². The molecule has 160 valence electrons. The van der Waals surface area contributed by atoms with Crippen LogP contribution >= 0.6 is 11.3 Å². The molecule has 0 fully saturated rings. The lowest BCUT2D eigenvalue weighted by molar-refractivity contribution is -0.380. The highest BCUT2D eigenvalue weighted by molar-refractivity contribution is 7.17. The number of nitrogens with two attached hydrogens (primary N) is 1. The van der Waals surface area contributed by atoms with Gasteiger partial charge in [0, 0.05) is 13.1 Å². The smallest absolute Gasteiger partial charge is 0.349 e. The second-order valence-electron chi connectivity index (χ2n) is 6.37. The molecule has 2 N–H and O–H groups in total. The number of thiophene rings is 1. The summed E-state index contributed by atoms with van der Waals surface area (Å²) in [5, 5.41) is 10.5. The molecule has 3 aromatic rings. The minimum atomic E-state index is -0.959. The molecule has 0 saturated heterocycles. The molecule has 0 saturated carbocycles. The van der Waals surface area contributed by atoms with E-state index < -0.39 is 40.1 Å². The SMILES string of the molecule is Cn1c(=O)c(C(=O)COC(=O)c2ccc([N+](=O)[O-])s2)c(N)n(Cc2ccccc2)c1=O. The number of ketones is 1. The number of benzene rings is 1. The monoisotopic (exact) mass is 444 g/mol. The molecule has 0 aliphatic rings. The number of hydrogen-bond donors (Lipinski definition) is 1. The molecule has 0 unspecified atom stereocenters. The predicted molar refractivity (Wildman–Crippen MR) is 111 cm³/mol. The number of anilines is 1. The Bertz CT molecular complexity index is 1290. The van der Waals surface area contributed by atoms with E-state index in [4.69, 9.17) is 10.5 Å². The van der Waals surface area contributed by atoms with Crippen LogP contribution in [-0.2, 0) is 18.3 Å². The number of Topliss-reactive ketones (excluding diaryl/α,β-unsaturated/α-hetero) is 1. The Morgan fingerprint density at radius 1 is 1.16 bits per heavy atom. The van der Waals surface area contributed by atoms with Gasteiger partial charge in [-0.1, -0.05) is 41.7 Å². The van der Waals surface area contributed by atoms with Crippen LogP contribution in [0.5, 0.6) is 0 Å². The van der Waals surface area contributed by atoms with Crippen molar-refractivity contribution in [3.8, 4) is 0 Å². The zero-order chi connectivity index (χ0) is 22.7. The van der Waals surface area contributed by atoms with Crippen LogP contribution < -0.4 is 17.0 Å². The second-order valence-corrected chi connectivity index (χ2v) is 7.44.